The van der Waals surface area contributed by atoms with Crippen molar-refractivity contribution in [1.82, 2.24) is 10.6 Å². The van der Waals surface area contributed by atoms with E-state index in [9.17, 15) is 9.90 Å². The first-order valence-corrected chi connectivity index (χ1v) is 6.07. The molecule has 4 nitrogen and oxygen atoms in total. The molecule has 0 aromatic heterocycles. The van der Waals surface area contributed by atoms with E-state index >= 15 is 0 Å². The van der Waals surface area contributed by atoms with E-state index in [1.807, 2.05) is 6.92 Å². The van der Waals surface area contributed by atoms with Crippen molar-refractivity contribution in [3.8, 4) is 0 Å². The molecule has 0 rings (SSSR count). The number of carbonyl (C=O) groups excluding carboxylic acids is 1. The second-order valence-electron chi connectivity index (χ2n) is 5.05. The van der Waals surface area contributed by atoms with Crippen molar-refractivity contribution in [2.75, 3.05) is 19.6 Å². The highest BCUT2D eigenvalue weighted by Gasteiger charge is 2.18. The molecule has 0 saturated carbocycles. The topological polar surface area (TPSA) is 61.4 Å². The molecular formula is C12H26N2O2. The molecule has 1 amide bonds. The van der Waals surface area contributed by atoms with Crippen LogP contribution in [-0.2, 0) is 4.79 Å². The van der Waals surface area contributed by atoms with E-state index < -0.39 is 5.60 Å². The fourth-order valence-corrected chi connectivity index (χ4v) is 1.45. The fourth-order valence-electron chi connectivity index (χ4n) is 1.45. The van der Waals surface area contributed by atoms with Gasteiger partial charge in [-0.3, -0.25) is 4.79 Å². The summed E-state index contributed by atoms with van der Waals surface area (Å²) in [4.78, 5) is 11.3. The molecule has 0 aromatic carbocycles. The molecule has 4 heteroatoms. The minimum Gasteiger partial charge on any atom is -0.389 e. The molecule has 1 unspecified atom stereocenters. The quantitative estimate of drug-likeness (QED) is 0.580. The predicted molar refractivity (Wildman–Crippen MR) is 66.2 cm³/mol. The van der Waals surface area contributed by atoms with Crippen LogP contribution < -0.4 is 10.6 Å². The van der Waals surface area contributed by atoms with Gasteiger partial charge < -0.3 is 15.7 Å². The van der Waals surface area contributed by atoms with E-state index in [2.05, 4.69) is 24.5 Å². The molecule has 0 aliphatic rings. The average molecular weight is 230 g/mol. The lowest BCUT2D eigenvalue weighted by molar-refractivity contribution is -0.120. The smallest absolute Gasteiger partial charge is 0.233 e. The highest BCUT2D eigenvalue weighted by molar-refractivity contribution is 5.77. The monoisotopic (exact) mass is 230 g/mol. The number of hydrogen-bond acceptors (Lipinski definition) is 3. The van der Waals surface area contributed by atoms with Gasteiger partial charge >= 0.3 is 0 Å². The lowest BCUT2D eigenvalue weighted by Crippen LogP contribution is -2.42. The Kier molecular flexibility index (Phi) is 7.34. The van der Waals surface area contributed by atoms with E-state index in [1.165, 1.54) is 0 Å². The van der Waals surface area contributed by atoms with Crippen LogP contribution in [0.3, 0.4) is 0 Å². The van der Waals surface area contributed by atoms with E-state index in [0.717, 1.165) is 12.8 Å². The van der Waals surface area contributed by atoms with Crippen LogP contribution in [0.25, 0.3) is 0 Å². The Hall–Kier alpha value is -0.610. The van der Waals surface area contributed by atoms with Crippen molar-refractivity contribution < 1.29 is 9.90 Å². The lowest BCUT2D eigenvalue weighted by Gasteiger charge is -2.22. The van der Waals surface area contributed by atoms with Gasteiger partial charge in [0.15, 0.2) is 0 Å². The van der Waals surface area contributed by atoms with Crippen molar-refractivity contribution >= 4 is 5.91 Å². The summed E-state index contributed by atoms with van der Waals surface area (Å²) in [7, 11) is 0. The van der Waals surface area contributed by atoms with Crippen molar-refractivity contribution in [3.05, 3.63) is 0 Å². The number of hydrogen-bond donors (Lipinski definition) is 3. The predicted octanol–water partition coefficient (Wildman–Crippen LogP) is 0.899. The van der Waals surface area contributed by atoms with Gasteiger partial charge in [0.1, 0.15) is 0 Å². The largest absolute Gasteiger partial charge is 0.389 e. The Morgan fingerprint density at radius 1 is 1.44 bits per heavy atom. The van der Waals surface area contributed by atoms with Gasteiger partial charge in [-0.25, -0.2) is 0 Å². The van der Waals surface area contributed by atoms with Crippen LogP contribution in [0.4, 0.5) is 0 Å². The van der Waals surface area contributed by atoms with Crippen molar-refractivity contribution in [1.29, 1.82) is 0 Å². The Morgan fingerprint density at radius 2 is 2.06 bits per heavy atom. The first-order chi connectivity index (χ1) is 7.37. The van der Waals surface area contributed by atoms with Gasteiger partial charge in [0.05, 0.1) is 12.1 Å². The summed E-state index contributed by atoms with van der Waals surface area (Å²) in [6.45, 7) is 9.35. The molecule has 16 heavy (non-hydrogen) atoms. The first-order valence-electron chi connectivity index (χ1n) is 6.07. The summed E-state index contributed by atoms with van der Waals surface area (Å²) in [5.41, 5.74) is -0.715. The van der Waals surface area contributed by atoms with Crippen LogP contribution >= 0.6 is 0 Å². The van der Waals surface area contributed by atoms with E-state index in [-0.39, 0.29) is 12.5 Å². The molecule has 0 bridgehead atoms. The normalized spacial score (nSPS) is 14.9. The molecule has 96 valence electrons. The maximum Gasteiger partial charge on any atom is 0.233 e. The van der Waals surface area contributed by atoms with Crippen LogP contribution in [0.15, 0.2) is 0 Å². The second-order valence-corrected chi connectivity index (χ2v) is 5.05. The number of rotatable bonds is 8. The van der Waals surface area contributed by atoms with Gasteiger partial charge in [-0.2, -0.15) is 0 Å². The summed E-state index contributed by atoms with van der Waals surface area (Å²) >= 11 is 0. The van der Waals surface area contributed by atoms with Crippen LogP contribution in [-0.4, -0.2) is 36.2 Å². The van der Waals surface area contributed by atoms with Crippen LogP contribution in [0.1, 0.15) is 40.5 Å². The van der Waals surface area contributed by atoms with Gasteiger partial charge in [-0.05, 0) is 19.3 Å². The van der Waals surface area contributed by atoms with Gasteiger partial charge in [-0.1, -0.05) is 27.2 Å². The molecule has 1 atom stereocenters. The minimum atomic E-state index is -0.715. The Bertz CT molecular complexity index is 203. The Balaban J connectivity index is 3.61. The maximum atomic E-state index is 11.3. The van der Waals surface area contributed by atoms with Gasteiger partial charge in [0, 0.05) is 13.1 Å². The number of amides is 1. The lowest BCUT2D eigenvalue weighted by atomic mass is 10.0. The van der Waals surface area contributed by atoms with Gasteiger partial charge in [0.2, 0.25) is 5.91 Å². The number of carbonyl (C=O) groups is 1. The van der Waals surface area contributed by atoms with Crippen LogP contribution in [0.2, 0.25) is 0 Å². The third-order valence-electron chi connectivity index (χ3n) is 2.29. The molecule has 0 aliphatic heterocycles. The molecule has 0 aliphatic carbocycles. The van der Waals surface area contributed by atoms with E-state index in [0.29, 0.717) is 19.0 Å². The van der Waals surface area contributed by atoms with Crippen molar-refractivity contribution in [2.45, 2.75) is 46.1 Å². The van der Waals surface area contributed by atoms with Crippen molar-refractivity contribution in [3.63, 3.8) is 0 Å². The zero-order valence-electron chi connectivity index (χ0n) is 11.0. The third-order valence-corrected chi connectivity index (χ3v) is 2.29. The average Bonchev–Trinajstić information content (AvgIpc) is 2.14. The SMILES string of the molecule is CCCC(C)(O)CNCC(=O)NCC(C)C. The third kappa shape index (κ3) is 8.68. The highest BCUT2D eigenvalue weighted by Crippen LogP contribution is 2.09. The first kappa shape index (κ1) is 15.4. The summed E-state index contributed by atoms with van der Waals surface area (Å²) in [5.74, 6) is 0.452. The van der Waals surface area contributed by atoms with Crippen molar-refractivity contribution in [2.24, 2.45) is 5.92 Å². The van der Waals surface area contributed by atoms with E-state index in [4.69, 9.17) is 0 Å². The number of nitrogens with one attached hydrogen (secondary N) is 2. The van der Waals surface area contributed by atoms with Gasteiger partial charge in [-0.15, -0.1) is 0 Å². The molecule has 0 spiro atoms. The number of aliphatic hydroxyl groups is 1. The zero-order chi connectivity index (χ0) is 12.6. The Morgan fingerprint density at radius 3 is 2.56 bits per heavy atom. The summed E-state index contributed by atoms with van der Waals surface area (Å²) in [5, 5.41) is 15.6. The highest BCUT2D eigenvalue weighted by atomic mass is 16.3. The van der Waals surface area contributed by atoms with Gasteiger partial charge in [0.25, 0.3) is 0 Å². The fraction of sp³-hybridized carbons (Fsp3) is 0.917. The molecule has 0 saturated heterocycles. The van der Waals surface area contributed by atoms with Crippen LogP contribution in [0.5, 0.6) is 0 Å². The second kappa shape index (κ2) is 7.63. The minimum absolute atomic E-state index is 0.0130. The maximum absolute atomic E-state index is 11.3. The summed E-state index contributed by atoms with van der Waals surface area (Å²) < 4.78 is 0. The van der Waals surface area contributed by atoms with E-state index in [1.54, 1.807) is 6.92 Å². The summed E-state index contributed by atoms with van der Waals surface area (Å²) in [6, 6.07) is 0. The van der Waals surface area contributed by atoms with Crippen LogP contribution in [0, 0.1) is 5.92 Å². The zero-order valence-corrected chi connectivity index (χ0v) is 11.0. The molecular weight excluding hydrogens is 204 g/mol. The summed E-state index contributed by atoms with van der Waals surface area (Å²) in [6.07, 6.45) is 1.68. The molecule has 0 fully saturated rings. The Labute approximate surface area is 98.8 Å². The molecule has 0 heterocycles. The molecule has 0 aromatic rings. The molecule has 0 radical (unpaired) electrons. The molecule has 3 N–H and O–H groups in total. The standard InChI is InChI=1S/C12H26N2O2/c1-5-6-12(4,16)9-13-8-11(15)14-7-10(2)3/h10,13,16H,5-9H2,1-4H3,(H,14,15).